The maximum atomic E-state index is 5.89. The Morgan fingerprint density at radius 2 is 2.14 bits per heavy atom. The summed E-state index contributed by atoms with van der Waals surface area (Å²) in [4.78, 5) is 1.37. The Bertz CT molecular complexity index is 388. The highest BCUT2D eigenvalue weighted by atomic mass is 15.6. The third-order valence-corrected chi connectivity index (χ3v) is 1.85. The summed E-state index contributed by atoms with van der Waals surface area (Å²) in [5, 5.41) is 15.7. The van der Waals surface area contributed by atoms with Gasteiger partial charge >= 0.3 is 0 Å². The van der Waals surface area contributed by atoms with E-state index in [0.717, 1.165) is 5.69 Å². The highest BCUT2D eigenvalue weighted by Crippen LogP contribution is 2.11. The van der Waals surface area contributed by atoms with Gasteiger partial charge < -0.3 is 5.73 Å². The summed E-state index contributed by atoms with van der Waals surface area (Å²) in [6, 6.07) is 1.42. The van der Waals surface area contributed by atoms with Crippen LogP contribution in [0, 0.1) is 0 Å². The van der Waals surface area contributed by atoms with Crippen molar-refractivity contribution in [3.05, 3.63) is 23.8 Å². The van der Waals surface area contributed by atoms with Crippen LogP contribution in [0.25, 0.3) is 0 Å². The molecule has 0 bridgehead atoms. The molecule has 2 aromatic heterocycles. The van der Waals surface area contributed by atoms with E-state index in [9.17, 15) is 0 Å². The topological polar surface area (TPSA) is 87.4 Å². The molecular formula is C7H11N7. The summed E-state index contributed by atoms with van der Waals surface area (Å²) in [6.07, 6.45) is 1.82. The lowest BCUT2D eigenvalue weighted by atomic mass is 10.2. The number of hydrogen-bond donors (Lipinski definition) is 1. The van der Waals surface area contributed by atoms with E-state index >= 15 is 0 Å². The Morgan fingerprint density at radius 1 is 1.36 bits per heavy atom. The third-order valence-electron chi connectivity index (χ3n) is 1.85. The predicted octanol–water partition coefficient (Wildman–Crippen LogP) is -1.01. The van der Waals surface area contributed by atoms with Gasteiger partial charge in [-0.2, -0.15) is 9.90 Å². The molecule has 0 saturated carbocycles. The number of aromatic nitrogens is 6. The summed E-state index contributed by atoms with van der Waals surface area (Å²) < 4.78 is 1.69. The lowest BCUT2D eigenvalue weighted by Gasteiger charge is -2.01. The number of tetrazole rings is 1. The zero-order chi connectivity index (χ0) is 10.1. The van der Waals surface area contributed by atoms with Crippen LogP contribution >= 0.6 is 0 Å². The maximum absolute atomic E-state index is 5.89. The van der Waals surface area contributed by atoms with Gasteiger partial charge in [0.05, 0.1) is 12.7 Å². The van der Waals surface area contributed by atoms with E-state index in [1.54, 1.807) is 11.7 Å². The van der Waals surface area contributed by atoms with Gasteiger partial charge in [-0.05, 0) is 11.3 Å². The number of aryl methyl sites for hydroxylation is 2. The van der Waals surface area contributed by atoms with Crippen LogP contribution < -0.4 is 5.73 Å². The van der Waals surface area contributed by atoms with E-state index in [1.165, 1.54) is 4.80 Å². The smallest absolute Gasteiger partial charge is 0.197 e. The van der Waals surface area contributed by atoms with Crippen molar-refractivity contribution in [3.8, 4) is 0 Å². The maximum Gasteiger partial charge on any atom is 0.197 e. The molecular weight excluding hydrogens is 182 g/mol. The van der Waals surface area contributed by atoms with Crippen LogP contribution in [-0.4, -0.2) is 30.0 Å². The molecule has 0 aliphatic carbocycles. The van der Waals surface area contributed by atoms with Crippen LogP contribution in [0.2, 0.25) is 0 Å². The van der Waals surface area contributed by atoms with E-state index < -0.39 is 6.04 Å². The Kier molecular flexibility index (Phi) is 2.01. The lowest BCUT2D eigenvalue weighted by molar-refractivity contribution is 0.623. The molecule has 2 N–H and O–H groups in total. The molecule has 2 rings (SSSR count). The normalized spacial score (nSPS) is 13.1. The quantitative estimate of drug-likeness (QED) is 0.660. The monoisotopic (exact) mass is 193 g/mol. The first kappa shape index (κ1) is 8.82. The van der Waals surface area contributed by atoms with E-state index in [0.29, 0.717) is 5.82 Å². The molecule has 2 aromatic rings. The Labute approximate surface area is 80.5 Å². The Hall–Kier alpha value is -1.76. The van der Waals surface area contributed by atoms with Crippen LogP contribution in [0.1, 0.15) is 17.6 Å². The van der Waals surface area contributed by atoms with Gasteiger partial charge in [-0.1, -0.05) is 0 Å². The zero-order valence-electron chi connectivity index (χ0n) is 7.99. The van der Waals surface area contributed by atoms with Gasteiger partial charge in [0.1, 0.15) is 6.04 Å². The molecule has 14 heavy (non-hydrogen) atoms. The summed E-state index contributed by atoms with van der Waals surface area (Å²) in [6.45, 7) is 0. The molecule has 0 aliphatic heterocycles. The van der Waals surface area contributed by atoms with Gasteiger partial charge in [0, 0.05) is 13.2 Å². The van der Waals surface area contributed by atoms with Crippen LogP contribution in [0.5, 0.6) is 0 Å². The molecule has 74 valence electrons. The SMILES string of the molecule is Cn1ccc(C(N)c2nnn(C)n2)n1. The van der Waals surface area contributed by atoms with Crippen LogP contribution in [0.4, 0.5) is 0 Å². The van der Waals surface area contributed by atoms with Crippen LogP contribution in [-0.2, 0) is 14.1 Å². The fraction of sp³-hybridized carbons (Fsp3) is 0.429. The molecule has 0 spiro atoms. The fourth-order valence-corrected chi connectivity index (χ4v) is 1.15. The highest BCUT2D eigenvalue weighted by molar-refractivity contribution is 5.12. The number of hydrogen-bond acceptors (Lipinski definition) is 5. The Balaban J connectivity index is 2.28. The standard InChI is InChI=1S/C7H11N7/c1-13-4-3-5(10-13)6(8)7-9-12-14(2)11-7/h3-4,6H,8H2,1-2H3. The van der Waals surface area contributed by atoms with Crippen molar-refractivity contribution in [2.45, 2.75) is 6.04 Å². The fourth-order valence-electron chi connectivity index (χ4n) is 1.15. The second kappa shape index (κ2) is 3.18. The molecule has 0 aliphatic rings. The van der Waals surface area contributed by atoms with Gasteiger partial charge in [0.25, 0.3) is 0 Å². The highest BCUT2D eigenvalue weighted by Gasteiger charge is 2.16. The molecule has 2 heterocycles. The molecule has 1 atom stereocenters. The minimum absolute atomic E-state index is 0.412. The molecule has 7 heteroatoms. The summed E-state index contributed by atoms with van der Waals surface area (Å²) in [7, 11) is 3.53. The number of rotatable bonds is 2. The first-order valence-corrected chi connectivity index (χ1v) is 4.16. The van der Waals surface area contributed by atoms with Crippen molar-refractivity contribution in [2.24, 2.45) is 19.8 Å². The summed E-state index contributed by atoms with van der Waals surface area (Å²) >= 11 is 0. The van der Waals surface area contributed by atoms with Gasteiger partial charge in [-0.3, -0.25) is 4.68 Å². The van der Waals surface area contributed by atoms with Crippen molar-refractivity contribution in [2.75, 3.05) is 0 Å². The van der Waals surface area contributed by atoms with E-state index in [-0.39, 0.29) is 0 Å². The largest absolute Gasteiger partial charge is 0.316 e. The van der Waals surface area contributed by atoms with E-state index in [4.69, 9.17) is 5.73 Å². The van der Waals surface area contributed by atoms with E-state index in [1.807, 2.05) is 19.3 Å². The van der Waals surface area contributed by atoms with Gasteiger partial charge in [0.2, 0.25) is 0 Å². The van der Waals surface area contributed by atoms with Crippen molar-refractivity contribution in [1.82, 2.24) is 30.0 Å². The zero-order valence-corrected chi connectivity index (χ0v) is 7.99. The minimum atomic E-state index is -0.412. The average Bonchev–Trinajstić information content (AvgIpc) is 2.73. The lowest BCUT2D eigenvalue weighted by Crippen LogP contribution is -2.15. The van der Waals surface area contributed by atoms with Crippen molar-refractivity contribution < 1.29 is 0 Å². The number of nitrogens with zero attached hydrogens (tertiary/aromatic N) is 6. The summed E-state index contributed by atoms with van der Waals surface area (Å²) in [5.41, 5.74) is 6.63. The molecule has 0 radical (unpaired) electrons. The molecule has 0 fully saturated rings. The van der Waals surface area contributed by atoms with Crippen LogP contribution in [0.3, 0.4) is 0 Å². The van der Waals surface area contributed by atoms with Gasteiger partial charge in [-0.15, -0.1) is 10.2 Å². The first-order valence-electron chi connectivity index (χ1n) is 4.16. The van der Waals surface area contributed by atoms with Gasteiger partial charge in [0.15, 0.2) is 5.82 Å². The second-order valence-corrected chi connectivity index (χ2v) is 3.03. The molecule has 7 nitrogen and oxygen atoms in total. The predicted molar refractivity (Wildman–Crippen MR) is 48.0 cm³/mol. The summed E-state index contributed by atoms with van der Waals surface area (Å²) in [5.74, 6) is 0.478. The second-order valence-electron chi connectivity index (χ2n) is 3.03. The first-order chi connectivity index (χ1) is 6.66. The molecule has 0 amide bonds. The van der Waals surface area contributed by atoms with Crippen molar-refractivity contribution >= 4 is 0 Å². The number of nitrogens with two attached hydrogens (primary N) is 1. The van der Waals surface area contributed by atoms with Crippen LogP contribution in [0.15, 0.2) is 12.3 Å². The van der Waals surface area contributed by atoms with Crippen molar-refractivity contribution in [1.29, 1.82) is 0 Å². The average molecular weight is 193 g/mol. The molecule has 1 unspecified atom stereocenters. The van der Waals surface area contributed by atoms with Crippen molar-refractivity contribution in [3.63, 3.8) is 0 Å². The molecule has 0 saturated heterocycles. The molecule has 0 aromatic carbocycles. The third kappa shape index (κ3) is 1.49. The van der Waals surface area contributed by atoms with Gasteiger partial charge in [-0.25, -0.2) is 0 Å². The Morgan fingerprint density at radius 3 is 2.64 bits per heavy atom. The van der Waals surface area contributed by atoms with E-state index in [2.05, 4.69) is 20.5 Å². The minimum Gasteiger partial charge on any atom is -0.316 e.